The van der Waals surface area contributed by atoms with Gasteiger partial charge in [-0.05, 0) is 51.4 Å². The molecule has 6 amide bonds. The number of carboxylic acids is 1. The fourth-order valence-electron chi connectivity index (χ4n) is 7.07. The van der Waals surface area contributed by atoms with E-state index in [1.165, 1.54) is 37.6 Å². The number of guanidine groups is 4. The Labute approximate surface area is 430 Å². The molecule has 33 heteroatoms. The summed E-state index contributed by atoms with van der Waals surface area (Å²) in [6.45, 7) is 0.345. The average molecular weight is 1050 g/mol. The van der Waals surface area contributed by atoms with Crippen LogP contribution < -0.4 is 83.5 Å². The summed E-state index contributed by atoms with van der Waals surface area (Å²) in [6.07, 6.45) is 8.44. The molecule has 0 bridgehead atoms. The normalized spacial score (nSPS) is 13.6. The molecule has 3 rings (SSSR count). The molecule has 28 N–H and O–H groups in total. The molecule has 3 aromatic heterocycles. The number of hydrogen-bond acceptors (Lipinski definition) is 15. The summed E-state index contributed by atoms with van der Waals surface area (Å²) in [5, 5.41) is 25.7. The van der Waals surface area contributed by atoms with Crippen molar-refractivity contribution in [2.24, 2.45) is 71.6 Å². The average Bonchev–Trinajstić information content (AvgIpc) is 4.18. The Morgan fingerprint density at radius 2 is 0.693 bits per heavy atom. The van der Waals surface area contributed by atoms with E-state index >= 15 is 0 Å². The summed E-state index contributed by atoms with van der Waals surface area (Å²) in [5.74, 6) is -7.18. The fourth-order valence-corrected chi connectivity index (χ4v) is 7.07. The van der Waals surface area contributed by atoms with E-state index in [2.05, 4.69) is 81.8 Å². The summed E-state index contributed by atoms with van der Waals surface area (Å²) < 4.78 is 0. The second-order valence-corrected chi connectivity index (χ2v) is 16.9. The first-order valence-electron chi connectivity index (χ1n) is 23.7. The van der Waals surface area contributed by atoms with Crippen molar-refractivity contribution in [3.05, 3.63) is 54.7 Å². The second-order valence-electron chi connectivity index (χ2n) is 16.9. The van der Waals surface area contributed by atoms with Gasteiger partial charge in [0.1, 0.15) is 36.3 Å². The quantitative estimate of drug-likeness (QED) is 0.0148. The van der Waals surface area contributed by atoms with Crippen LogP contribution in [0.2, 0.25) is 0 Å². The lowest BCUT2D eigenvalue weighted by atomic mass is 10.0. The molecule has 7 atom stereocenters. The number of hydrogen-bond donors (Lipinski definition) is 19. The van der Waals surface area contributed by atoms with Crippen molar-refractivity contribution < 1.29 is 38.7 Å². The molecule has 3 aromatic rings. The molecular weight excluding hydrogens is 983 g/mol. The van der Waals surface area contributed by atoms with Gasteiger partial charge in [-0.3, -0.25) is 48.7 Å². The summed E-state index contributed by atoms with van der Waals surface area (Å²) >= 11 is 0. The molecule has 0 aliphatic rings. The lowest BCUT2D eigenvalue weighted by Crippen LogP contribution is -2.60. The number of nitrogens with one attached hydrogen (secondary N) is 9. The summed E-state index contributed by atoms with van der Waals surface area (Å²) in [7, 11) is 0. The molecule has 0 saturated carbocycles. The smallest absolute Gasteiger partial charge is 0.326 e. The fraction of sp³-hybridized carbons (Fsp3) is 0.524. The standard InChI is InChI=1S/C42H71N25O8/c43-25(5-1-9-55-39(44)45)32(68)65-29(13-22-16-52-19-59-22)35(71)62-26(6-2-10-56-40(46)47)33(69)66-30(14-23-17-53-20-60-23)36(72)63-27(7-3-11-57-41(48)49)34(70)67-31(15-24-18-54-21-61-24)37(73)64-28(38(74)75)8-4-12-58-42(50)51/h16-21,25-31H,1-15,43H2,(H,52,59)(H,53,60)(H,54,61)(H,62,71)(H,63,72)(H,64,73)(H,65,68)(H,66,69)(H,67,70)(H,74,75)(H4,44,45,55)(H4,46,47,56)(H4,48,49,57)(H4,50,51,58)/t25-,26-,27-,28-,29-,30-,31-/m0/s1. The van der Waals surface area contributed by atoms with Crippen molar-refractivity contribution >= 4 is 65.3 Å². The molecule has 0 fully saturated rings. The minimum atomic E-state index is -1.47. The highest BCUT2D eigenvalue weighted by molar-refractivity contribution is 5.97. The zero-order valence-electron chi connectivity index (χ0n) is 41.2. The van der Waals surface area contributed by atoms with E-state index in [9.17, 15) is 38.7 Å². The van der Waals surface area contributed by atoms with Crippen molar-refractivity contribution in [3.63, 3.8) is 0 Å². The van der Waals surface area contributed by atoms with Gasteiger partial charge in [0.25, 0.3) is 0 Å². The Balaban J connectivity index is 1.95. The van der Waals surface area contributed by atoms with E-state index in [1.54, 1.807) is 0 Å². The van der Waals surface area contributed by atoms with E-state index in [-0.39, 0.29) is 114 Å². The van der Waals surface area contributed by atoms with Gasteiger partial charge in [0.15, 0.2) is 23.8 Å². The Kier molecular flexibility index (Phi) is 25.8. The highest BCUT2D eigenvalue weighted by atomic mass is 16.4. The van der Waals surface area contributed by atoms with Gasteiger partial charge < -0.3 is 104 Å². The van der Waals surface area contributed by atoms with Crippen LogP contribution in [-0.2, 0) is 52.8 Å². The van der Waals surface area contributed by atoms with Gasteiger partial charge in [0.05, 0.1) is 25.0 Å². The van der Waals surface area contributed by atoms with E-state index in [0.717, 1.165) is 0 Å². The van der Waals surface area contributed by atoms with Gasteiger partial charge in [0, 0.05) is 81.1 Å². The van der Waals surface area contributed by atoms with Crippen LogP contribution in [0.5, 0.6) is 0 Å². The maximum atomic E-state index is 14.5. The van der Waals surface area contributed by atoms with Gasteiger partial charge in [-0.15, -0.1) is 0 Å². The van der Waals surface area contributed by atoms with Crippen LogP contribution in [0, 0.1) is 0 Å². The first kappa shape index (κ1) is 60.3. The summed E-state index contributed by atoms with van der Waals surface area (Å²) in [4.78, 5) is 133. The van der Waals surface area contributed by atoms with Crippen LogP contribution in [0.25, 0.3) is 0 Å². The van der Waals surface area contributed by atoms with E-state index in [4.69, 9.17) is 51.6 Å². The predicted octanol–water partition coefficient (Wildman–Crippen LogP) is -7.58. The molecule has 0 aliphatic heterocycles. The maximum absolute atomic E-state index is 14.5. The number of aliphatic carboxylic acids is 1. The van der Waals surface area contributed by atoms with Crippen molar-refractivity contribution in [2.75, 3.05) is 26.2 Å². The molecule has 0 spiro atoms. The minimum Gasteiger partial charge on any atom is -0.480 e. The molecule has 0 saturated heterocycles. The van der Waals surface area contributed by atoms with E-state index in [0.29, 0.717) is 23.5 Å². The highest BCUT2D eigenvalue weighted by Crippen LogP contribution is 2.10. The molecular formula is C42H71N25O8. The number of H-pyrrole nitrogens is 3. The van der Waals surface area contributed by atoms with Gasteiger partial charge in [-0.25, -0.2) is 19.7 Å². The van der Waals surface area contributed by atoms with Crippen molar-refractivity contribution in [3.8, 4) is 0 Å². The Morgan fingerprint density at radius 3 is 0.987 bits per heavy atom. The van der Waals surface area contributed by atoms with Crippen LogP contribution in [0.1, 0.15) is 68.4 Å². The van der Waals surface area contributed by atoms with Crippen LogP contribution >= 0.6 is 0 Å². The highest BCUT2D eigenvalue weighted by Gasteiger charge is 2.34. The third kappa shape index (κ3) is 23.8. The first-order valence-corrected chi connectivity index (χ1v) is 23.7. The number of carbonyl (C=O) groups excluding carboxylic acids is 6. The monoisotopic (exact) mass is 1050 g/mol. The van der Waals surface area contributed by atoms with Gasteiger partial charge in [0.2, 0.25) is 35.4 Å². The number of aromatic amines is 3. The molecule has 33 nitrogen and oxygen atoms in total. The molecule has 3 heterocycles. The number of rotatable bonds is 35. The zero-order valence-corrected chi connectivity index (χ0v) is 41.2. The topological polar surface area (TPSA) is 582 Å². The number of imidazole rings is 3. The number of nitrogens with two attached hydrogens (primary N) is 9. The third-order valence-electron chi connectivity index (χ3n) is 10.9. The van der Waals surface area contributed by atoms with Crippen molar-refractivity contribution in [1.82, 2.24) is 61.8 Å². The number of carbonyl (C=O) groups is 7. The summed E-state index contributed by atoms with van der Waals surface area (Å²) in [6, 6.07) is -9.50. The Hall–Kier alpha value is -9.04. The molecule has 0 aromatic carbocycles. The van der Waals surface area contributed by atoms with Crippen LogP contribution in [-0.4, -0.2) is 169 Å². The third-order valence-corrected chi connectivity index (χ3v) is 10.9. The van der Waals surface area contributed by atoms with E-state index in [1.807, 2.05) is 0 Å². The lowest BCUT2D eigenvalue weighted by Gasteiger charge is -2.27. The van der Waals surface area contributed by atoms with Gasteiger partial charge in [-0.1, -0.05) is 0 Å². The number of aliphatic imine (C=N–C) groups is 4. The number of nitrogens with zero attached hydrogens (tertiary/aromatic N) is 7. The molecule has 0 aliphatic carbocycles. The van der Waals surface area contributed by atoms with Gasteiger partial charge >= 0.3 is 5.97 Å². The molecule has 75 heavy (non-hydrogen) atoms. The maximum Gasteiger partial charge on any atom is 0.326 e. The molecule has 0 unspecified atom stereocenters. The first-order chi connectivity index (χ1) is 35.7. The van der Waals surface area contributed by atoms with Crippen LogP contribution in [0.4, 0.5) is 0 Å². The minimum absolute atomic E-state index is 0.0168. The molecule has 0 radical (unpaired) electrons. The zero-order chi connectivity index (χ0) is 55.3. The van der Waals surface area contributed by atoms with Gasteiger partial charge in [-0.2, -0.15) is 0 Å². The largest absolute Gasteiger partial charge is 0.480 e. The molecule has 412 valence electrons. The van der Waals surface area contributed by atoms with Crippen molar-refractivity contribution in [1.29, 1.82) is 0 Å². The van der Waals surface area contributed by atoms with Crippen LogP contribution in [0.15, 0.2) is 57.5 Å². The SMILES string of the molecule is NC(N)=NCCC[C@H](NC(=O)[C@H](Cc1cnc[nH]1)NC(=O)[C@H](CCCN=C(N)N)NC(=O)[C@H](Cc1cnc[nH]1)NC(=O)[C@H](CCCN=C(N)N)NC(=O)[C@H](Cc1cnc[nH]1)NC(=O)[C@@H](N)CCCN=C(N)N)C(=O)O. The number of amides is 6. The van der Waals surface area contributed by atoms with E-state index < -0.39 is 83.7 Å². The predicted molar refractivity (Wildman–Crippen MR) is 274 cm³/mol. The summed E-state index contributed by atoms with van der Waals surface area (Å²) in [5.41, 5.74) is 51.0. The number of aromatic nitrogens is 6. The Morgan fingerprint density at radius 1 is 0.427 bits per heavy atom. The second kappa shape index (κ2) is 32.1. The van der Waals surface area contributed by atoms with Crippen molar-refractivity contribution in [2.45, 2.75) is 113 Å². The lowest BCUT2D eigenvalue weighted by molar-refractivity contribution is -0.142. The Bertz CT molecular complexity index is 2380. The number of carboxylic acid groups (broad SMARTS) is 1. The van der Waals surface area contributed by atoms with Crippen LogP contribution in [0.3, 0.4) is 0 Å².